The van der Waals surface area contributed by atoms with Gasteiger partial charge in [0.1, 0.15) is 5.69 Å². The monoisotopic (exact) mass is 367 g/mol. The second kappa shape index (κ2) is 4.65. The highest BCUT2D eigenvalue weighted by Crippen LogP contribution is 2.18. The maximum absolute atomic E-state index is 12.1. The third kappa shape index (κ3) is 2.09. The first kappa shape index (κ1) is 12.2. The van der Waals surface area contributed by atoms with E-state index in [0.29, 0.717) is 11.6 Å². The van der Waals surface area contributed by atoms with E-state index in [1.54, 1.807) is 6.20 Å². The number of nitrogens with one attached hydrogen (secondary N) is 2. The van der Waals surface area contributed by atoms with E-state index in [2.05, 4.69) is 43.1 Å². The maximum atomic E-state index is 12.1. The van der Waals surface area contributed by atoms with Crippen LogP contribution in [0.4, 0.5) is 5.95 Å². The number of imidazole rings is 1. The van der Waals surface area contributed by atoms with Crippen LogP contribution in [-0.2, 0) is 7.05 Å². The lowest BCUT2D eigenvalue weighted by Crippen LogP contribution is -2.16. The fraction of sp³-hybridized carbons (Fsp3) is 0.0833. The van der Waals surface area contributed by atoms with Gasteiger partial charge in [-0.25, -0.2) is 4.98 Å². The van der Waals surface area contributed by atoms with Crippen molar-refractivity contribution in [3.8, 4) is 0 Å². The molecule has 2 aromatic heterocycles. The van der Waals surface area contributed by atoms with Crippen LogP contribution in [0.3, 0.4) is 0 Å². The van der Waals surface area contributed by atoms with Gasteiger partial charge in [-0.3, -0.25) is 15.2 Å². The highest BCUT2D eigenvalue weighted by molar-refractivity contribution is 14.1. The minimum atomic E-state index is -0.250. The number of aromatic amines is 1. The van der Waals surface area contributed by atoms with Gasteiger partial charge in [0.15, 0.2) is 0 Å². The van der Waals surface area contributed by atoms with Crippen molar-refractivity contribution in [3.05, 3.63) is 39.7 Å². The lowest BCUT2D eigenvalue weighted by molar-refractivity contribution is 0.102. The number of aryl methyl sites for hydroxylation is 1. The molecule has 19 heavy (non-hydrogen) atoms. The van der Waals surface area contributed by atoms with Gasteiger partial charge in [-0.1, -0.05) is 12.1 Å². The van der Waals surface area contributed by atoms with E-state index in [-0.39, 0.29) is 5.91 Å². The number of carbonyl (C=O) groups excluding carboxylic acids is 1. The molecule has 2 heterocycles. The van der Waals surface area contributed by atoms with Crippen molar-refractivity contribution in [2.75, 3.05) is 5.32 Å². The van der Waals surface area contributed by atoms with Crippen molar-refractivity contribution in [2.45, 2.75) is 0 Å². The van der Waals surface area contributed by atoms with Gasteiger partial charge in [-0.15, -0.1) is 0 Å². The Bertz CT molecular complexity index is 760. The summed E-state index contributed by atoms with van der Waals surface area (Å²) in [5.41, 5.74) is 2.25. The summed E-state index contributed by atoms with van der Waals surface area (Å²) in [7, 11) is 1.86. The Balaban J connectivity index is 1.96. The van der Waals surface area contributed by atoms with Crippen molar-refractivity contribution in [3.63, 3.8) is 0 Å². The van der Waals surface area contributed by atoms with Crippen LogP contribution in [0.15, 0.2) is 30.5 Å². The lowest BCUT2D eigenvalue weighted by atomic mass is 10.3. The Labute approximate surface area is 122 Å². The standard InChI is InChI=1S/C12H10IN5O/c1-18-9-5-3-2-4-8(9)15-12(18)16-11(19)10-7(13)6-14-17-10/h2-6H,1H3,(H,14,17)(H,15,16,19). The predicted molar refractivity (Wildman–Crippen MR) is 80.0 cm³/mol. The summed E-state index contributed by atoms with van der Waals surface area (Å²) < 4.78 is 2.62. The highest BCUT2D eigenvalue weighted by Gasteiger charge is 2.15. The molecule has 3 aromatic rings. The first-order valence-electron chi connectivity index (χ1n) is 5.58. The molecular weight excluding hydrogens is 357 g/mol. The second-order valence-corrected chi connectivity index (χ2v) is 5.19. The van der Waals surface area contributed by atoms with Crippen molar-refractivity contribution in [1.82, 2.24) is 19.7 Å². The van der Waals surface area contributed by atoms with E-state index in [1.807, 2.05) is 35.9 Å². The number of fused-ring (bicyclic) bond motifs is 1. The Morgan fingerprint density at radius 2 is 2.21 bits per heavy atom. The summed E-state index contributed by atoms with van der Waals surface area (Å²) in [6.45, 7) is 0. The van der Waals surface area contributed by atoms with Gasteiger partial charge >= 0.3 is 0 Å². The topological polar surface area (TPSA) is 75.6 Å². The number of hydrogen-bond acceptors (Lipinski definition) is 3. The number of aromatic nitrogens is 4. The second-order valence-electron chi connectivity index (χ2n) is 4.03. The molecule has 7 heteroatoms. The molecule has 96 valence electrons. The molecule has 0 unspecified atom stereocenters. The van der Waals surface area contributed by atoms with Gasteiger partial charge in [-0.2, -0.15) is 5.10 Å². The number of benzene rings is 1. The Morgan fingerprint density at radius 3 is 2.89 bits per heavy atom. The zero-order chi connectivity index (χ0) is 13.4. The summed E-state index contributed by atoms with van der Waals surface area (Å²) in [6, 6.07) is 7.72. The van der Waals surface area contributed by atoms with E-state index in [1.165, 1.54) is 0 Å². The number of anilines is 1. The molecule has 0 saturated carbocycles. The summed E-state index contributed by atoms with van der Waals surface area (Å²) in [5, 5.41) is 9.28. The van der Waals surface area contributed by atoms with Crippen LogP contribution in [0.1, 0.15) is 10.5 Å². The van der Waals surface area contributed by atoms with Crippen molar-refractivity contribution in [2.24, 2.45) is 7.05 Å². The van der Waals surface area contributed by atoms with Crippen molar-refractivity contribution in [1.29, 1.82) is 0 Å². The number of para-hydroxylation sites is 2. The Kier molecular flexibility index (Phi) is 2.97. The Hall–Kier alpha value is -1.90. The fourth-order valence-electron chi connectivity index (χ4n) is 1.85. The molecule has 6 nitrogen and oxygen atoms in total. The molecule has 0 radical (unpaired) electrons. The third-order valence-corrected chi connectivity index (χ3v) is 3.65. The third-order valence-electron chi connectivity index (χ3n) is 2.83. The molecule has 0 fully saturated rings. The van der Waals surface area contributed by atoms with Gasteiger partial charge in [0.2, 0.25) is 5.95 Å². The molecule has 0 atom stereocenters. The molecule has 0 aliphatic heterocycles. The van der Waals surface area contributed by atoms with E-state index < -0.39 is 0 Å². The van der Waals surface area contributed by atoms with Gasteiger partial charge in [-0.05, 0) is 34.7 Å². The van der Waals surface area contributed by atoms with Crippen LogP contribution in [0.2, 0.25) is 0 Å². The van der Waals surface area contributed by atoms with Crippen molar-refractivity contribution >= 4 is 45.5 Å². The largest absolute Gasteiger partial charge is 0.313 e. The molecule has 3 rings (SSSR count). The summed E-state index contributed by atoms with van der Waals surface area (Å²) in [4.78, 5) is 16.5. The summed E-state index contributed by atoms with van der Waals surface area (Å²) in [6.07, 6.45) is 1.60. The highest BCUT2D eigenvalue weighted by atomic mass is 127. The van der Waals surface area contributed by atoms with E-state index in [4.69, 9.17) is 0 Å². The van der Waals surface area contributed by atoms with Crippen LogP contribution in [0.5, 0.6) is 0 Å². The molecular formula is C12H10IN5O. The van der Waals surface area contributed by atoms with Gasteiger partial charge in [0, 0.05) is 7.05 Å². The Morgan fingerprint density at radius 1 is 1.42 bits per heavy atom. The number of rotatable bonds is 2. The molecule has 2 N–H and O–H groups in total. The normalized spacial score (nSPS) is 10.8. The predicted octanol–water partition coefficient (Wildman–Crippen LogP) is 2.15. The molecule has 0 aliphatic carbocycles. The molecule has 0 spiro atoms. The lowest BCUT2D eigenvalue weighted by Gasteiger charge is -2.03. The SMILES string of the molecule is Cn1c(NC(=O)c2[nH]ncc2I)nc2ccccc21. The molecule has 0 bridgehead atoms. The minimum Gasteiger partial charge on any atom is -0.313 e. The minimum absolute atomic E-state index is 0.250. The first-order valence-corrected chi connectivity index (χ1v) is 6.66. The number of H-pyrrole nitrogens is 1. The smallest absolute Gasteiger partial charge is 0.277 e. The first-order chi connectivity index (χ1) is 9.16. The number of amides is 1. The van der Waals surface area contributed by atoms with Gasteiger partial charge in [0.05, 0.1) is 20.8 Å². The maximum Gasteiger partial charge on any atom is 0.277 e. The van der Waals surface area contributed by atoms with E-state index in [9.17, 15) is 4.79 Å². The zero-order valence-corrected chi connectivity index (χ0v) is 12.2. The van der Waals surface area contributed by atoms with Gasteiger partial charge in [0.25, 0.3) is 5.91 Å². The van der Waals surface area contributed by atoms with Crippen LogP contribution < -0.4 is 5.32 Å². The fourth-order valence-corrected chi connectivity index (χ4v) is 2.36. The van der Waals surface area contributed by atoms with Crippen LogP contribution in [-0.4, -0.2) is 25.7 Å². The van der Waals surface area contributed by atoms with Crippen molar-refractivity contribution < 1.29 is 4.79 Å². The average Bonchev–Trinajstić information content (AvgIpc) is 2.95. The van der Waals surface area contributed by atoms with Crippen LogP contribution in [0.25, 0.3) is 11.0 Å². The summed E-state index contributed by atoms with van der Waals surface area (Å²) in [5.74, 6) is 0.261. The zero-order valence-electron chi connectivity index (χ0n) is 10.0. The molecule has 1 amide bonds. The quantitative estimate of drug-likeness (QED) is 0.682. The molecule has 1 aromatic carbocycles. The van der Waals surface area contributed by atoms with Crippen LogP contribution >= 0.6 is 22.6 Å². The van der Waals surface area contributed by atoms with E-state index in [0.717, 1.165) is 14.6 Å². The summed E-state index contributed by atoms with van der Waals surface area (Å²) >= 11 is 2.05. The molecule has 0 saturated heterocycles. The van der Waals surface area contributed by atoms with E-state index >= 15 is 0 Å². The number of halogens is 1. The van der Waals surface area contributed by atoms with Gasteiger partial charge < -0.3 is 4.57 Å². The number of hydrogen-bond donors (Lipinski definition) is 2. The average molecular weight is 367 g/mol. The van der Waals surface area contributed by atoms with Crippen LogP contribution in [0, 0.1) is 3.57 Å². The molecule has 0 aliphatic rings. The number of carbonyl (C=O) groups is 1. The number of nitrogens with zero attached hydrogens (tertiary/aromatic N) is 3.